The van der Waals surface area contributed by atoms with E-state index in [9.17, 15) is 14.0 Å². The monoisotopic (exact) mass is 440 g/mol. The molecule has 1 aromatic carbocycles. The van der Waals surface area contributed by atoms with Crippen LogP contribution in [-0.4, -0.2) is 39.8 Å². The highest BCUT2D eigenvalue weighted by atomic mass is 19.1. The van der Waals surface area contributed by atoms with E-state index in [0.717, 1.165) is 47.7 Å². The van der Waals surface area contributed by atoms with Gasteiger partial charge in [0, 0.05) is 48.9 Å². The van der Waals surface area contributed by atoms with Gasteiger partial charge in [0.05, 0.1) is 6.42 Å². The number of aromatic nitrogens is 2. The summed E-state index contributed by atoms with van der Waals surface area (Å²) < 4.78 is 13.0. The van der Waals surface area contributed by atoms with Crippen LogP contribution in [-0.2, 0) is 22.6 Å². The molecule has 32 heavy (non-hydrogen) atoms. The van der Waals surface area contributed by atoms with E-state index in [0.29, 0.717) is 25.4 Å². The van der Waals surface area contributed by atoms with Crippen LogP contribution in [0.1, 0.15) is 67.4 Å². The Kier molecular flexibility index (Phi) is 7.94. The summed E-state index contributed by atoms with van der Waals surface area (Å²) >= 11 is 0. The first-order valence-electron chi connectivity index (χ1n) is 11.4. The summed E-state index contributed by atoms with van der Waals surface area (Å²) in [5, 5.41) is 2.87. The van der Waals surface area contributed by atoms with Crippen LogP contribution in [0.4, 0.5) is 4.39 Å². The van der Waals surface area contributed by atoms with Gasteiger partial charge in [-0.15, -0.1) is 0 Å². The number of benzene rings is 1. The minimum Gasteiger partial charge on any atom is -0.352 e. The fourth-order valence-corrected chi connectivity index (χ4v) is 4.12. The van der Waals surface area contributed by atoms with Crippen molar-refractivity contribution in [2.24, 2.45) is 5.92 Å². The quantitative estimate of drug-likeness (QED) is 0.710. The molecule has 3 rings (SSSR count). The molecule has 0 spiro atoms. The van der Waals surface area contributed by atoms with Gasteiger partial charge in [-0.3, -0.25) is 9.59 Å². The molecule has 0 aliphatic carbocycles. The van der Waals surface area contributed by atoms with Crippen molar-refractivity contribution in [3.8, 4) is 0 Å². The van der Waals surface area contributed by atoms with E-state index in [1.54, 1.807) is 12.1 Å². The lowest BCUT2D eigenvalue weighted by molar-refractivity contribution is -0.133. The number of rotatable bonds is 7. The van der Waals surface area contributed by atoms with Crippen molar-refractivity contribution in [1.82, 2.24) is 20.2 Å². The average molecular weight is 441 g/mol. The molecule has 1 aromatic heterocycles. The maximum absolute atomic E-state index is 13.0. The lowest BCUT2D eigenvalue weighted by Gasteiger charge is -2.33. The molecule has 2 heterocycles. The second kappa shape index (κ2) is 10.7. The van der Waals surface area contributed by atoms with Gasteiger partial charge >= 0.3 is 0 Å². The maximum atomic E-state index is 13.0. The summed E-state index contributed by atoms with van der Waals surface area (Å²) in [7, 11) is 0. The molecule has 1 saturated heterocycles. The van der Waals surface area contributed by atoms with Gasteiger partial charge in [-0.05, 0) is 50.3 Å². The zero-order chi connectivity index (χ0) is 23.3. The number of hydrogen-bond acceptors (Lipinski definition) is 4. The molecule has 2 aromatic rings. The Labute approximate surface area is 189 Å². The van der Waals surface area contributed by atoms with Gasteiger partial charge in [-0.2, -0.15) is 0 Å². The maximum Gasteiger partial charge on any atom is 0.224 e. The number of carbonyl (C=O) groups excluding carboxylic acids is 2. The first kappa shape index (κ1) is 23.8. The Hall–Kier alpha value is -2.83. The standard InChI is InChI=1S/C25H33FN4O2/c1-16(2)12-24(32)30-11-5-6-20(15-30)25-28-17(3)22(18(4)29-25)13-23(31)27-14-19-7-9-21(26)10-8-19/h7-10,16,20H,5-6,11-15H2,1-4H3,(H,27,31). The van der Waals surface area contributed by atoms with E-state index in [-0.39, 0.29) is 30.0 Å². The molecule has 6 nitrogen and oxygen atoms in total. The van der Waals surface area contributed by atoms with E-state index in [1.165, 1.54) is 12.1 Å². The van der Waals surface area contributed by atoms with Crippen molar-refractivity contribution < 1.29 is 14.0 Å². The summed E-state index contributed by atoms with van der Waals surface area (Å²) in [6.45, 7) is 9.73. The Bertz CT molecular complexity index is 936. The third-order valence-corrected chi connectivity index (χ3v) is 5.90. The summed E-state index contributed by atoms with van der Waals surface area (Å²) in [5.41, 5.74) is 3.27. The highest BCUT2D eigenvalue weighted by molar-refractivity contribution is 5.79. The molecular formula is C25H33FN4O2. The molecule has 1 aliphatic heterocycles. The van der Waals surface area contributed by atoms with Gasteiger partial charge in [-0.25, -0.2) is 14.4 Å². The molecule has 1 N–H and O–H groups in total. The predicted octanol–water partition coefficient (Wildman–Crippen LogP) is 3.84. The third-order valence-electron chi connectivity index (χ3n) is 5.90. The van der Waals surface area contributed by atoms with Crippen LogP contribution < -0.4 is 5.32 Å². The zero-order valence-electron chi connectivity index (χ0n) is 19.4. The SMILES string of the molecule is Cc1nc(C2CCCN(C(=O)CC(C)C)C2)nc(C)c1CC(=O)NCc1ccc(F)cc1. The van der Waals surface area contributed by atoms with Crippen molar-refractivity contribution in [2.45, 2.75) is 65.8 Å². The predicted molar refractivity (Wildman–Crippen MR) is 121 cm³/mol. The van der Waals surface area contributed by atoms with E-state index in [2.05, 4.69) is 19.2 Å². The average Bonchev–Trinajstić information content (AvgIpc) is 2.75. The Morgan fingerprint density at radius 2 is 1.81 bits per heavy atom. The number of halogens is 1. The lowest BCUT2D eigenvalue weighted by Crippen LogP contribution is -2.40. The molecule has 1 unspecified atom stereocenters. The highest BCUT2D eigenvalue weighted by Crippen LogP contribution is 2.27. The van der Waals surface area contributed by atoms with Crippen LogP contribution in [0.25, 0.3) is 0 Å². The fourth-order valence-electron chi connectivity index (χ4n) is 4.12. The van der Waals surface area contributed by atoms with Gasteiger partial charge in [0.1, 0.15) is 11.6 Å². The molecular weight excluding hydrogens is 407 g/mol. The zero-order valence-corrected chi connectivity index (χ0v) is 19.4. The van der Waals surface area contributed by atoms with Crippen LogP contribution in [0.15, 0.2) is 24.3 Å². The molecule has 172 valence electrons. The van der Waals surface area contributed by atoms with Crippen LogP contribution in [0.5, 0.6) is 0 Å². The molecule has 1 atom stereocenters. The summed E-state index contributed by atoms with van der Waals surface area (Å²) in [5.74, 6) is 1.01. The normalized spacial score (nSPS) is 16.3. The van der Waals surface area contributed by atoms with Crippen LogP contribution in [0, 0.1) is 25.6 Å². The molecule has 1 aliphatic rings. The van der Waals surface area contributed by atoms with E-state index in [1.807, 2.05) is 18.7 Å². The van der Waals surface area contributed by atoms with Crippen molar-refractivity contribution in [3.63, 3.8) is 0 Å². The van der Waals surface area contributed by atoms with Crippen molar-refractivity contribution in [1.29, 1.82) is 0 Å². The minimum atomic E-state index is -0.297. The first-order chi connectivity index (χ1) is 15.2. The molecule has 0 bridgehead atoms. The largest absolute Gasteiger partial charge is 0.352 e. The summed E-state index contributed by atoms with van der Waals surface area (Å²) in [6.07, 6.45) is 2.67. The first-order valence-corrected chi connectivity index (χ1v) is 11.4. The van der Waals surface area contributed by atoms with E-state index >= 15 is 0 Å². The summed E-state index contributed by atoms with van der Waals surface area (Å²) in [4.78, 5) is 36.4. The number of carbonyl (C=O) groups is 2. The van der Waals surface area contributed by atoms with Crippen LogP contribution in [0.2, 0.25) is 0 Å². The molecule has 2 amide bonds. The van der Waals surface area contributed by atoms with Crippen LogP contribution in [0.3, 0.4) is 0 Å². The Morgan fingerprint density at radius 3 is 2.44 bits per heavy atom. The summed E-state index contributed by atoms with van der Waals surface area (Å²) in [6, 6.07) is 6.07. The van der Waals surface area contributed by atoms with Gasteiger partial charge in [-0.1, -0.05) is 26.0 Å². The van der Waals surface area contributed by atoms with Crippen LogP contribution >= 0.6 is 0 Å². The molecule has 7 heteroatoms. The smallest absolute Gasteiger partial charge is 0.224 e. The highest BCUT2D eigenvalue weighted by Gasteiger charge is 2.27. The van der Waals surface area contributed by atoms with Crippen molar-refractivity contribution in [2.75, 3.05) is 13.1 Å². The van der Waals surface area contributed by atoms with Gasteiger partial charge in [0.25, 0.3) is 0 Å². The van der Waals surface area contributed by atoms with E-state index < -0.39 is 0 Å². The van der Waals surface area contributed by atoms with Gasteiger partial charge in [0.15, 0.2) is 0 Å². The lowest BCUT2D eigenvalue weighted by atomic mass is 9.95. The van der Waals surface area contributed by atoms with Crippen molar-refractivity contribution in [3.05, 3.63) is 58.4 Å². The number of amides is 2. The Balaban J connectivity index is 1.63. The number of nitrogens with one attached hydrogen (secondary N) is 1. The molecule has 0 radical (unpaired) electrons. The second-order valence-electron chi connectivity index (χ2n) is 9.09. The number of piperidine rings is 1. The third kappa shape index (κ3) is 6.34. The minimum absolute atomic E-state index is 0.124. The van der Waals surface area contributed by atoms with E-state index in [4.69, 9.17) is 9.97 Å². The number of aryl methyl sites for hydroxylation is 2. The molecule has 1 fully saturated rings. The van der Waals surface area contributed by atoms with Crippen molar-refractivity contribution >= 4 is 11.8 Å². The molecule has 0 saturated carbocycles. The fraction of sp³-hybridized carbons (Fsp3) is 0.520. The Morgan fingerprint density at radius 1 is 1.16 bits per heavy atom. The van der Waals surface area contributed by atoms with Gasteiger partial charge < -0.3 is 10.2 Å². The van der Waals surface area contributed by atoms with Gasteiger partial charge in [0.2, 0.25) is 11.8 Å². The number of nitrogens with zero attached hydrogens (tertiary/aromatic N) is 3. The topological polar surface area (TPSA) is 75.2 Å². The number of hydrogen-bond donors (Lipinski definition) is 1. The second-order valence-corrected chi connectivity index (χ2v) is 9.09. The number of likely N-dealkylation sites (tertiary alicyclic amines) is 1.